The second kappa shape index (κ2) is 11.5. The zero-order valence-electron chi connectivity index (χ0n) is 21.0. The second-order valence-electron chi connectivity index (χ2n) is 9.17. The van der Waals surface area contributed by atoms with Gasteiger partial charge in [0.1, 0.15) is 0 Å². The summed E-state index contributed by atoms with van der Waals surface area (Å²) in [6, 6.07) is 12.9. The molecule has 0 aliphatic carbocycles. The van der Waals surface area contributed by atoms with Crippen LogP contribution in [-0.4, -0.2) is 78.5 Å². The maximum atomic E-state index is 13.2. The molecule has 2 aromatic rings. The van der Waals surface area contributed by atoms with Gasteiger partial charge in [0.25, 0.3) is 5.91 Å². The van der Waals surface area contributed by atoms with Crippen LogP contribution >= 0.6 is 23.2 Å². The summed E-state index contributed by atoms with van der Waals surface area (Å²) >= 11 is 12.2. The third-order valence-corrected chi connectivity index (χ3v) is 7.18. The molecule has 37 heavy (non-hydrogen) atoms. The Bertz CT molecular complexity index is 1220. The van der Waals surface area contributed by atoms with E-state index in [2.05, 4.69) is 10.2 Å². The Kier molecular flexibility index (Phi) is 8.42. The van der Waals surface area contributed by atoms with Gasteiger partial charge in [-0.1, -0.05) is 35.3 Å². The summed E-state index contributed by atoms with van der Waals surface area (Å²) in [6.07, 6.45) is 0. The molecule has 1 saturated heterocycles. The number of amides is 3. The number of ether oxygens (including phenoxy) is 1. The maximum absolute atomic E-state index is 13.2. The molecule has 0 radical (unpaired) electrons. The van der Waals surface area contributed by atoms with E-state index in [0.717, 1.165) is 0 Å². The van der Waals surface area contributed by atoms with Crippen molar-refractivity contribution < 1.29 is 19.1 Å². The number of halogens is 2. The molecule has 2 heterocycles. The van der Waals surface area contributed by atoms with Crippen LogP contribution in [0.4, 0.5) is 4.79 Å². The van der Waals surface area contributed by atoms with Crippen LogP contribution in [0, 0.1) is 0 Å². The first-order valence-corrected chi connectivity index (χ1v) is 12.9. The van der Waals surface area contributed by atoms with Crippen molar-refractivity contribution in [3.63, 3.8) is 0 Å². The monoisotopic (exact) mass is 544 g/mol. The third kappa shape index (κ3) is 5.92. The van der Waals surface area contributed by atoms with Crippen LogP contribution in [0.2, 0.25) is 10.0 Å². The number of piperazine rings is 1. The first-order valence-electron chi connectivity index (χ1n) is 12.2. The standard InChI is InChI=1S/C27H30Cl2N4O4/c1-4-37-26(35)23-22(31(3)27(36)30-24(23)19-6-5-7-21(29)14-19)16-32-12-13-33(17(2)15-32)25(34)18-8-10-20(28)11-9-18/h5-11,14,17,24H,4,12-13,15-16H2,1-3H3,(H,30,36)/t17-,24-/m0/s1. The number of rotatable bonds is 6. The molecule has 0 saturated carbocycles. The number of benzene rings is 2. The number of esters is 1. The number of carbonyl (C=O) groups is 3. The summed E-state index contributed by atoms with van der Waals surface area (Å²) in [6.45, 7) is 5.97. The highest BCUT2D eigenvalue weighted by Crippen LogP contribution is 2.33. The van der Waals surface area contributed by atoms with E-state index < -0.39 is 12.0 Å². The van der Waals surface area contributed by atoms with Crippen LogP contribution in [0.25, 0.3) is 0 Å². The molecule has 4 rings (SSSR count). The van der Waals surface area contributed by atoms with Gasteiger partial charge >= 0.3 is 12.0 Å². The Morgan fingerprint density at radius 1 is 1.08 bits per heavy atom. The Morgan fingerprint density at radius 3 is 2.46 bits per heavy atom. The van der Waals surface area contributed by atoms with Gasteiger partial charge in [0.05, 0.1) is 18.2 Å². The average molecular weight is 545 g/mol. The Balaban J connectivity index is 1.59. The van der Waals surface area contributed by atoms with Crippen molar-refractivity contribution in [3.8, 4) is 0 Å². The lowest BCUT2D eigenvalue weighted by molar-refractivity contribution is -0.139. The maximum Gasteiger partial charge on any atom is 0.338 e. The molecule has 0 aromatic heterocycles. The Hall–Kier alpha value is -3.07. The molecular weight excluding hydrogens is 515 g/mol. The van der Waals surface area contributed by atoms with Crippen molar-refractivity contribution in [2.75, 3.05) is 39.8 Å². The highest BCUT2D eigenvalue weighted by atomic mass is 35.5. The van der Waals surface area contributed by atoms with Gasteiger partial charge in [-0.3, -0.25) is 14.6 Å². The normalized spacial score (nSPS) is 20.6. The SMILES string of the molecule is CCOC(=O)C1=C(CN2CCN(C(=O)c3ccc(Cl)cc3)[C@@H](C)C2)N(C)C(=O)N[C@H]1c1cccc(Cl)c1. The fraction of sp³-hybridized carbons (Fsp3) is 0.370. The van der Waals surface area contributed by atoms with Crippen LogP contribution in [0.15, 0.2) is 59.8 Å². The summed E-state index contributed by atoms with van der Waals surface area (Å²) in [5, 5.41) is 3.99. The zero-order chi connectivity index (χ0) is 26.7. The fourth-order valence-corrected chi connectivity index (χ4v) is 5.11. The van der Waals surface area contributed by atoms with Crippen molar-refractivity contribution in [3.05, 3.63) is 81.0 Å². The van der Waals surface area contributed by atoms with Gasteiger partial charge < -0.3 is 15.0 Å². The highest BCUT2D eigenvalue weighted by molar-refractivity contribution is 6.31. The fourth-order valence-electron chi connectivity index (χ4n) is 4.78. The smallest absolute Gasteiger partial charge is 0.338 e. The van der Waals surface area contributed by atoms with E-state index >= 15 is 0 Å². The van der Waals surface area contributed by atoms with E-state index in [9.17, 15) is 14.4 Å². The summed E-state index contributed by atoms with van der Waals surface area (Å²) in [4.78, 5) is 44.7. The van der Waals surface area contributed by atoms with E-state index in [1.807, 2.05) is 17.9 Å². The van der Waals surface area contributed by atoms with Crippen molar-refractivity contribution in [2.24, 2.45) is 0 Å². The van der Waals surface area contributed by atoms with Crippen LogP contribution in [-0.2, 0) is 9.53 Å². The summed E-state index contributed by atoms with van der Waals surface area (Å²) in [7, 11) is 1.64. The van der Waals surface area contributed by atoms with Crippen LogP contribution in [0.1, 0.15) is 35.8 Å². The predicted octanol–water partition coefficient (Wildman–Crippen LogP) is 4.35. The molecular formula is C27H30Cl2N4O4. The largest absolute Gasteiger partial charge is 0.463 e. The minimum atomic E-state index is -0.693. The van der Waals surface area contributed by atoms with Gasteiger partial charge in [0.15, 0.2) is 0 Å². The molecule has 10 heteroatoms. The molecule has 196 valence electrons. The molecule has 2 atom stereocenters. The quantitative estimate of drug-likeness (QED) is 0.546. The summed E-state index contributed by atoms with van der Waals surface area (Å²) < 4.78 is 5.40. The number of nitrogens with zero attached hydrogens (tertiary/aromatic N) is 3. The van der Waals surface area contributed by atoms with E-state index in [0.29, 0.717) is 58.6 Å². The number of carbonyl (C=O) groups excluding carboxylic acids is 3. The molecule has 0 bridgehead atoms. The second-order valence-corrected chi connectivity index (χ2v) is 10.0. The Morgan fingerprint density at radius 2 is 1.81 bits per heavy atom. The number of likely N-dealkylation sites (N-methyl/N-ethyl adjacent to an activating group) is 1. The van der Waals surface area contributed by atoms with Crippen molar-refractivity contribution in [1.82, 2.24) is 20.0 Å². The van der Waals surface area contributed by atoms with Gasteiger partial charge in [-0.25, -0.2) is 9.59 Å². The van der Waals surface area contributed by atoms with E-state index in [-0.39, 0.29) is 24.6 Å². The molecule has 1 N–H and O–H groups in total. The number of hydrogen-bond acceptors (Lipinski definition) is 5. The van der Waals surface area contributed by atoms with Crippen molar-refractivity contribution >= 4 is 41.1 Å². The van der Waals surface area contributed by atoms with Crippen molar-refractivity contribution in [2.45, 2.75) is 25.9 Å². The topological polar surface area (TPSA) is 82.2 Å². The number of hydrogen-bond donors (Lipinski definition) is 1. The Labute approximate surface area is 226 Å². The van der Waals surface area contributed by atoms with Crippen LogP contribution in [0.3, 0.4) is 0 Å². The highest BCUT2D eigenvalue weighted by Gasteiger charge is 2.38. The molecule has 8 nitrogen and oxygen atoms in total. The van der Waals surface area contributed by atoms with Gasteiger partial charge in [0, 0.05) is 60.6 Å². The summed E-state index contributed by atoms with van der Waals surface area (Å²) in [5.41, 5.74) is 2.22. The zero-order valence-corrected chi connectivity index (χ0v) is 22.6. The molecule has 2 aromatic carbocycles. The molecule has 2 aliphatic rings. The first-order chi connectivity index (χ1) is 17.7. The van der Waals surface area contributed by atoms with E-state index in [1.54, 1.807) is 56.4 Å². The lowest BCUT2D eigenvalue weighted by Gasteiger charge is -2.42. The minimum Gasteiger partial charge on any atom is -0.463 e. The predicted molar refractivity (Wildman–Crippen MR) is 143 cm³/mol. The van der Waals surface area contributed by atoms with Gasteiger partial charge in [-0.05, 0) is 55.8 Å². The van der Waals surface area contributed by atoms with Gasteiger partial charge in [-0.15, -0.1) is 0 Å². The lowest BCUT2D eigenvalue weighted by atomic mass is 9.94. The van der Waals surface area contributed by atoms with E-state index in [4.69, 9.17) is 27.9 Å². The van der Waals surface area contributed by atoms with Gasteiger partial charge in [-0.2, -0.15) is 0 Å². The van der Waals surface area contributed by atoms with Gasteiger partial charge in [0.2, 0.25) is 0 Å². The molecule has 0 unspecified atom stereocenters. The number of nitrogens with one attached hydrogen (secondary N) is 1. The molecule has 1 fully saturated rings. The van der Waals surface area contributed by atoms with Crippen LogP contribution < -0.4 is 5.32 Å². The number of urea groups is 1. The first kappa shape index (κ1) is 27.0. The minimum absolute atomic E-state index is 0.0505. The lowest BCUT2D eigenvalue weighted by Crippen LogP contribution is -2.56. The molecule has 3 amide bonds. The van der Waals surface area contributed by atoms with Crippen LogP contribution in [0.5, 0.6) is 0 Å². The van der Waals surface area contributed by atoms with E-state index in [1.165, 1.54) is 4.90 Å². The molecule has 2 aliphatic heterocycles. The third-order valence-electron chi connectivity index (χ3n) is 6.69. The van der Waals surface area contributed by atoms with Crippen molar-refractivity contribution in [1.29, 1.82) is 0 Å². The average Bonchev–Trinajstić information content (AvgIpc) is 2.87. The summed E-state index contributed by atoms with van der Waals surface area (Å²) in [5.74, 6) is -0.538. The molecule has 0 spiro atoms.